The Morgan fingerprint density at radius 1 is 1.53 bits per heavy atom. The van der Waals surface area contributed by atoms with Crippen molar-refractivity contribution in [2.45, 2.75) is 57.8 Å². The first-order chi connectivity index (χ1) is 7.04. The third kappa shape index (κ3) is 3.47. The Morgan fingerprint density at radius 2 is 2.20 bits per heavy atom. The van der Waals surface area contributed by atoms with Crippen molar-refractivity contribution in [3.63, 3.8) is 0 Å². The second kappa shape index (κ2) is 5.47. The van der Waals surface area contributed by atoms with Crippen LogP contribution in [0, 0.1) is 5.92 Å². The van der Waals surface area contributed by atoms with Crippen LogP contribution in [0.5, 0.6) is 0 Å². The van der Waals surface area contributed by atoms with Crippen molar-refractivity contribution in [1.29, 1.82) is 0 Å². The number of cyclic esters (lactones) is 1. The highest BCUT2D eigenvalue weighted by atomic mass is 16.5. The number of aliphatic hydroxyl groups is 2. The van der Waals surface area contributed by atoms with Gasteiger partial charge >= 0.3 is 5.97 Å². The zero-order chi connectivity index (χ0) is 11.4. The van der Waals surface area contributed by atoms with Crippen molar-refractivity contribution in [2.75, 3.05) is 0 Å². The van der Waals surface area contributed by atoms with Crippen LogP contribution in [0.1, 0.15) is 39.5 Å². The highest BCUT2D eigenvalue weighted by Gasteiger charge is 2.31. The van der Waals surface area contributed by atoms with Crippen molar-refractivity contribution in [3.8, 4) is 0 Å². The molecule has 0 aliphatic carbocycles. The first kappa shape index (κ1) is 12.5. The van der Waals surface area contributed by atoms with Crippen LogP contribution < -0.4 is 0 Å². The maximum atomic E-state index is 11.4. The van der Waals surface area contributed by atoms with Gasteiger partial charge in [-0.2, -0.15) is 0 Å². The lowest BCUT2D eigenvalue weighted by molar-refractivity contribution is -0.155. The Bertz CT molecular complexity index is 217. The molecule has 4 heteroatoms. The molecule has 0 saturated carbocycles. The van der Waals surface area contributed by atoms with Crippen molar-refractivity contribution >= 4 is 5.97 Å². The van der Waals surface area contributed by atoms with Crippen LogP contribution >= 0.6 is 0 Å². The predicted octanol–water partition coefficient (Wildman–Crippen LogP) is 0.850. The third-order valence-corrected chi connectivity index (χ3v) is 3.02. The van der Waals surface area contributed by atoms with E-state index in [2.05, 4.69) is 0 Å². The fourth-order valence-electron chi connectivity index (χ4n) is 1.73. The van der Waals surface area contributed by atoms with Gasteiger partial charge in [-0.3, -0.25) is 4.79 Å². The molecule has 1 aliphatic heterocycles. The predicted molar refractivity (Wildman–Crippen MR) is 55.2 cm³/mol. The summed E-state index contributed by atoms with van der Waals surface area (Å²) in [6, 6.07) is 0. The molecule has 1 saturated heterocycles. The van der Waals surface area contributed by atoms with Crippen LogP contribution in [0.4, 0.5) is 0 Å². The van der Waals surface area contributed by atoms with Gasteiger partial charge in [-0.1, -0.05) is 6.92 Å². The van der Waals surface area contributed by atoms with Gasteiger partial charge in [-0.05, 0) is 26.2 Å². The molecule has 1 fully saturated rings. The summed E-state index contributed by atoms with van der Waals surface area (Å²) >= 11 is 0. The molecular weight excluding hydrogens is 196 g/mol. The smallest absolute Gasteiger partial charge is 0.311 e. The van der Waals surface area contributed by atoms with E-state index in [0.29, 0.717) is 25.7 Å². The molecule has 1 heterocycles. The summed E-state index contributed by atoms with van der Waals surface area (Å²) in [6.07, 6.45) is 1.05. The van der Waals surface area contributed by atoms with Crippen molar-refractivity contribution in [1.82, 2.24) is 0 Å². The van der Waals surface area contributed by atoms with Crippen LogP contribution in [0.2, 0.25) is 0 Å². The van der Waals surface area contributed by atoms with Crippen LogP contribution in [0.15, 0.2) is 0 Å². The average molecular weight is 216 g/mol. The Labute approximate surface area is 90.2 Å². The van der Waals surface area contributed by atoms with Gasteiger partial charge in [-0.25, -0.2) is 0 Å². The average Bonchev–Trinajstić information content (AvgIpc) is 2.33. The molecule has 1 aliphatic rings. The highest BCUT2D eigenvalue weighted by Crippen LogP contribution is 2.22. The second-order valence-corrected chi connectivity index (χ2v) is 4.29. The van der Waals surface area contributed by atoms with Gasteiger partial charge in [0.2, 0.25) is 0 Å². The molecular formula is C11H20O4. The van der Waals surface area contributed by atoms with E-state index in [0.717, 1.165) is 0 Å². The molecule has 0 bridgehead atoms. The van der Waals surface area contributed by atoms with Crippen LogP contribution in [0.25, 0.3) is 0 Å². The zero-order valence-electron chi connectivity index (χ0n) is 9.35. The quantitative estimate of drug-likeness (QED) is 0.686. The topological polar surface area (TPSA) is 66.8 Å². The summed E-state index contributed by atoms with van der Waals surface area (Å²) in [7, 11) is 0. The SMILES string of the molecule is CC[C@@H](O)C[C@@H]1CC[C@H](O)[C@@H](C)C(=O)O1. The number of carbonyl (C=O) groups excluding carboxylic acids is 1. The van der Waals surface area contributed by atoms with Gasteiger partial charge in [0.1, 0.15) is 6.10 Å². The summed E-state index contributed by atoms with van der Waals surface area (Å²) in [6.45, 7) is 3.56. The van der Waals surface area contributed by atoms with Crippen LogP contribution in [0.3, 0.4) is 0 Å². The van der Waals surface area contributed by atoms with Gasteiger partial charge in [0, 0.05) is 6.42 Å². The molecule has 0 unspecified atom stereocenters. The molecule has 4 nitrogen and oxygen atoms in total. The minimum Gasteiger partial charge on any atom is -0.462 e. The number of carbonyl (C=O) groups is 1. The monoisotopic (exact) mass is 216 g/mol. The minimum absolute atomic E-state index is 0.243. The van der Waals surface area contributed by atoms with E-state index in [-0.39, 0.29) is 12.1 Å². The van der Waals surface area contributed by atoms with E-state index in [9.17, 15) is 15.0 Å². The molecule has 15 heavy (non-hydrogen) atoms. The van der Waals surface area contributed by atoms with E-state index in [1.807, 2.05) is 6.92 Å². The Balaban J connectivity index is 2.51. The van der Waals surface area contributed by atoms with Gasteiger partial charge < -0.3 is 14.9 Å². The lowest BCUT2D eigenvalue weighted by Gasteiger charge is -2.18. The van der Waals surface area contributed by atoms with E-state index in [4.69, 9.17) is 4.74 Å². The van der Waals surface area contributed by atoms with Crippen molar-refractivity contribution in [2.24, 2.45) is 5.92 Å². The number of hydrogen-bond donors (Lipinski definition) is 2. The Hall–Kier alpha value is -0.610. The summed E-state index contributed by atoms with van der Waals surface area (Å²) in [5.41, 5.74) is 0. The molecule has 4 atom stereocenters. The molecule has 88 valence electrons. The van der Waals surface area contributed by atoms with E-state index >= 15 is 0 Å². The number of hydrogen-bond acceptors (Lipinski definition) is 4. The summed E-state index contributed by atoms with van der Waals surface area (Å²) < 4.78 is 5.21. The van der Waals surface area contributed by atoms with Crippen LogP contribution in [-0.4, -0.2) is 34.5 Å². The molecule has 0 radical (unpaired) electrons. The standard InChI is InChI=1S/C11H20O4/c1-3-8(12)6-9-4-5-10(13)7(2)11(14)15-9/h7-10,12-13H,3-6H2,1-2H3/t7-,8-,9+,10+/m1/s1. The molecule has 0 amide bonds. The van der Waals surface area contributed by atoms with E-state index < -0.39 is 18.1 Å². The largest absolute Gasteiger partial charge is 0.462 e. The first-order valence-electron chi connectivity index (χ1n) is 5.61. The third-order valence-electron chi connectivity index (χ3n) is 3.02. The molecule has 0 aromatic carbocycles. The van der Waals surface area contributed by atoms with Crippen molar-refractivity contribution in [3.05, 3.63) is 0 Å². The second-order valence-electron chi connectivity index (χ2n) is 4.29. The number of rotatable bonds is 3. The Morgan fingerprint density at radius 3 is 2.80 bits per heavy atom. The van der Waals surface area contributed by atoms with Gasteiger partial charge in [-0.15, -0.1) is 0 Å². The van der Waals surface area contributed by atoms with E-state index in [1.165, 1.54) is 0 Å². The lowest BCUT2D eigenvalue weighted by atomic mass is 9.99. The van der Waals surface area contributed by atoms with Crippen molar-refractivity contribution < 1.29 is 19.7 Å². The minimum atomic E-state index is -0.610. The summed E-state index contributed by atoms with van der Waals surface area (Å²) in [5, 5.41) is 19.0. The first-order valence-corrected chi connectivity index (χ1v) is 5.61. The molecule has 0 aromatic heterocycles. The number of aliphatic hydroxyl groups excluding tert-OH is 2. The van der Waals surface area contributed by atoms with Crippen LogP contribution in [-0.2, 0) is 9.53 Å². The highest BCUT2D eigenvalue weighted by molar-refractivity contribution is 5.73. The summed E-state index contributed by atoms with van der Waals surface area (Å²) in [5.74, 6) is -0.804. The lowest BCUT2D eigenvalue weighted by Crippen LogP contribution is -2.26. The zero-order valence-corrected chi connectivity index (χ0v) is 9.35. The van der Waals surface area contributed by atoms with E-state index in [1.54, 1.807) is 6.92 Å². The maximum Gasteiger partial charge on any atom is 0.311 e. The number of esters is 1. The van der Waals surface area contributed by atoms with Gasteiger partial charge in [0.05, 0.1) is 18.1 Å². The fourth-order valence-corrected chi connectivity index (χ4v) is 1.73. The molecule has 0 aromatic rings. The normalized spacial score (nSPS) is 34.4. The molecule has 0 spiro atoms. The van der Waals surface area contributed by atoms with Gasteiger partial charge in [0.15, 0.2) is 0 Å². The molecule has 1 rings (SSSR count). The fraction of sp³-hybridized carbons (Fsp3) is 0.909. The number of ether oxygens (including phenoxy) is 1. The maximum absolute atomic E-state index is 11.4. The van der Waals surface area contributed by atoms with Gasteiger partial charge in [0.25, 0.3) is 0 Å². The molecule has 2 N–H and O–H groups in total. The summed E-state index contributed by atoms with van der Waals surface area (Å²) in [4.78, 5) is 11.4. The Kier molecular flexibility index (Phi) is 4.54.